The summed E-state index contributed by atoms with van der Waals surface area (Å²) in [6, 6.07) is 9.39. The molecule has 0 aromatic heterocycles. The van der Waals surface area contributed by atoms with Crippen molar-refractivity contribution in [2.45, 2.75) is 0 Å². The lowest BCUT2D eigenvalue weighted by Crippen LogP contribution is -2.10. The molecule has 19 heavy (non-hydrogen) atoms. The predicted octanol–water partition coefficient (Wildman–Crippen LogP) is 3.47. The second-order valence-electron chi connectivity index (χ2n) is 3.79. The third kappa shape index (κ3) is 3.10. The highest BCUT2D eigenvalue weighted by molar-refractivity contribution is 6.42. The highest BCUT2D eigenvalue weighted by Crippen LogP contribution is 2.34. The van der Waals surface area contributed by atoms with Crippen molar-refractivity contribution in [2.24, 2.45) is 5.73 Å². The number of anilines is 1. The van der Waals surface area contributed by atoms with Gasteiger partial charge >= 0.3 is 0 Å². The summed E-state index contributed by atoms with van der Waals surface area (Å²) in [6.45, 7) is 0. The number of benzene rings is 2. The molecule has 2 aromatic carbocycles. The molecule has 0 saturated carbocycles. The Hall–Kier alpha value is -1.91. The van der Waals surface area contributed by atoms with Gasteiger partial charge in [0.2, 0.25) is 5.91 Å². The van der Waals surface area contributed by atoms with E-state index in [2.05, 4.69) is 0 Å². The van der Waals surface area contributed by atoms with Gasteiger partial charge in [-0.15, -0.1) is 0 Å². The second-order valence-corrected chi connectivity index (χ2v) is 4.61. The molecule has 0 heterocycles. The zero-order valence-electron chi connectivity index (χ0n) is 9.69. The summed E-state index contributed by atoms with van der Waals surface area (Å²) in [6.07, 6.45) is 0. The van der Waals surface area contributed by atoms with Crippen molar-refractivity contribution in [2.75, 3.05) is 5.73 Å². The number of rotatable bonds is 3. The van der Waals surface area contributed by atoms with Gasteiger partial charge in [0.25, 0.3) is 0 Å². The molecule has 0 fully saturated rings. The summed E-state index contributed by atoms with van der Waals surface area (Å²) in [7, 11) is 0. The minimum Gasteiger partial charge on any atom is -0.455 e. The lowest BCUT2D eigenvalue weighted by Gasteiger charge is -2.10. The maximum Gasteiger partial charge on any atom is 0.248 e. The molecule has 0 saturated heterocycles. The van der Waals surface area contributed by atoms with Crippen molar-refractivity contribution in [1.82, 2.24) is 0 Å². The molecule has 0 bridgehead atoms. The van der Waals surface area contributed by atoms with Crippen LogP contribution >= 0.6 is 23.2 Å². The summed E-state index contributed by atoms with van der Waals surface area (Å²) < 4.78 is 5.56. The number of carbonyl (C=O) groups is 1. The van der Waals surface area contributed by atoms with Crippen molar-refractivity contribution in [1.29, 1.82) is 0 Å². The molecule has 0 unspecified atom stereocenters. The molecule has 0 aliphatic heterocycles. The number of carbonyl (C=O) groups excluding carboxylic acids is 1. The minimum absolute atomic E-state index is 0.347. The smallest absolute Gasteiger partial charge is 0.248 e. The van der Waals surface area contributed by atoms with Gasteiger partial charge in [-0.25, -0.2) is 0 Å². The van der Waals surface area contributed by atoms with Crippen LogP contribution in [0.3, 0.4) is 0 Å². The molecule has 98 valence electrons. The number of halogens is 2. The lowest BCUT2D eigenvalue weighted by atomic mass is 10.2. The predicted molar refractivity (Wildman–Crippen MR) is 75.9 cm³/mol. The highest BCUT2D eigenvalue weighted by atomic mass is 35.5. The van der Waals surface area contributed by atoms with Gasteiger partial charge in [0.05, 0.1) is 15.7 Å². The monoisotopic (exact) mass is 296 g/mol. The second kappa shape index (κ2) is 5.38. The number of primary amides is 1. The van der Waals surface area contributed by atoms with Gasteiger partial charge in [-0.2, -0.15) is 0 Å². The number of nitrogens with two attached hydrogens (primary N) is 2. The van der Waals surface area contributed by atoms with Crippen LogP contribution < -0.4 is 16.2 Å². The first kappa shape index (κ1) is 13.5. The van der Waals surface area contributed by atoms with Crippen LogP contribution in [-0.2, 0) is 0 Å². The van der Waals surface area contributed by atoms with Crippen LogP contribution in [0.5, 0.6) is 11.5 Å². The Morgan fingerprint density at radius 1 is 1.05 bits per heavy atom. The van der Waals surface area contributed by atoms with E-state index in [0.29, 0.717) is 32.8 Å². The van der Waals surface area contributed by atoms with Gasteiger partial charge in [-0.1, -0.05) is 23.2 Å². The first-order chi connectivity index (χ1) is 8.97. The fourth-order valence-corrected chi connectivity index (χ4v) is 1.77. The average Bonchev–Trinajstić information content (AvgIpc) is 2.36. The maximum atomic E-state index is 10.9. The van der Waals surface area contributed by atoms with Gasteiger partial charge in [0, 0.05) is 11.6 Å². The van der Waals surface area contributed by atoms with Crippen LogP contribution in [0.15, 0.2) is 36.4 Å². The lowest BCUT2D eigenvalue weighted by molar-refractivity contribution is 0.100. The number of nitrogen functional groups attached to an aromatic ring is 1. The van der Waals surface area contributed by atoms with Crippen molar-refractivity contribution in [3.8, 4) is 11.5 Å². The number of hydrogen-bond acceptors (Lipinski definition) is 3. The first-order valence-electron chi connectivity index (χ1n) is 5.29. The van der Waals surface area contributed by atoms with Gasteiger partial charge in [0.15, 0.2) is 5.75 Å². The maximum absolute atomic E-state index is 10.9. The third-order valence-corrected chi connectivity index (χ3v) is 3.14. The Labute approximate surface area is 119 Å². The van der Waals surface area contributed by atoms with E-state index in [4.69, 9.17) is 39.4 Å². The van der Waals surface area contributed by atoms with Crippen molar-refractivity contribution >= 4 is 34.8 Å². The molecule has 2 rings (SSSR count). The zero-order valence-corrected chi connectivity index (χ0v) is 11.2. The topological polar surface area (TPSA) is 78.3 Å². The summed E-state index contributed by atoms with van der Waals surface area (Å²) in [5, 5.41) is 0.704. The molecule has 4 N–H and O–H groups in total. The van der Waals surface area contributed by atoms with Crippen LogP contribution in [0, 0.1) is 0 Å². The normalized spacial score (nSPS) is 10.2. The van der Waals surface area contributed by atoms with E-state index in [0.717, 1.165) is 0 Å². The molecule has 2 aromatic rings. The van der Waals surface area contributed by atoms with Gasteiger partial charge in [-0.05, 0) is 30.3 Å². The van der Waals surface area contributed by atoms with Gasteiger partial charge < -0.3 is 16.2 Å². The fraction of sp³-hybridized carbons (Fsp3) is 0. The Kier molecular flexibility index (Phi) is 3.83. The average molecular weight is 297 g/mol. The minimum atomic E-state index is -0.499. The summed E-state index contributed by atoms with van der Waals surface area (Å²) in [5.41, 5.74) is 11.7. The largest absolute Gasteiger partial charge is 0.455 e. The molecule has 0 spiro atoms. The van der Waals surface area contributed by atoms with E-state index in [9.17, 15) is 4.79 Å². The van der Waals surface area contributed by atoms with E-state index in [1.807, 2.05) is 0 Å². The summed E-state index contributed by atoms with van der Waals surface area (Å²) in [4.78, 5) is 10.9. The van der Waals surface area contributed by atoms with Crippen LogP contribution in [0.4, 0.5) is 5.69 Å². The Morgan fingerprint density at radius 2 is 1.63 bits per heavy atom. The quantitative estimate of drug-likeness (QED) is 0.851. The van der Waals surface area contributed by atoms with E-state index < -0.39 is 5.91 Å². The standard InChI is InChI=1S/C13H10Cl2N2O2/c14-9-5-11(16)12(6-10(9)15)19-8-3-1-7(2-4-8)13(17)18/h1-6H,16H2,(H2,17,18). The van der Waals surface area contributed by atoms with Crippen molar-refractivity contribution in [3.63, 3.8) is 0 Å². The third-order valence-electron chi connectivity index (χ3n) is 2.42. The number of amides is 1. The fourth-order valence-electron chi connectivity index (χ4n) is 1.45. The Balaban J connectivity index is 2.26. The summed E-state index contributed by atoms with van der Waals surface area (Å²) in [5.74, 6) is 0.400. The zero-order chi connectivity index (χ0) is 14.0. The van der Waals surface area contributed by atoms with Crippen LogP contribution in [0.25, 0.3) is 0 Å². The molecule has 0 aliphatic carbocycles. The highest BCUT2D eigenvalue weighted by Gasteiger charge is 2.08. The SMILES string of the molecule is NC(=O)c1ccc(Oc2cc(Cl)c(Cl)cc2N)cc1. The van der Waals surface area contributed by atoms with E-state index >= 15 is 0 Å². The molecule has 0 aliphatic rings. The molecule has 6 heteroatoms. The molecule has 1 amide bonds. The molecule has 0 radical (unpaired) electrons. The molecule has 4 nitrogen and oxygen atoms in total. The van der Waals surface area contributed by atoms with Crippen molar-refractivity contribution < 1.29 is 9.53 Å². The summed E-state index contributed by atoms with van der Waals surface area (Å²) >= 11 is 11.7. The molecular weight excluding hydrogens is 287 g/mol. The van der Waals surface area contributed by atoms with E-state index in [1.165, 1.54) is 12.1 Å². The Bertz CT molecular complexity index is 627. The van der Waals surface area contributed by atoms with Crippen LogP contribution in [0.2, 0.25) is 10.0 Å². The molecule has 0 atom stereocenters. The number of ether oxygens (including phenoxy) is 1. The van der Waals surface area contributed by atoms with Crippen LogP contribution in [0.1, 0.15) is 10.4 Å². The van der Waals surface area contributed by atoms with E-state index in [1.54, 1.807) is 24.3 Å². The Morgan fingerprint density at radius 3 is 2.21 bits per heavy atom. The van der Waals surface area contributed by atoms with Gasteiger partial charge in [-0.3, -0.25) is 4.79 Å². The number of hydrogen-bond donors (Lipinski definition) is 2. The van der Waals surface area contributed by atoms with Crippen molar-refractivity contribution in [3.05, 3.63) is 52.0 Å². The van der Waals surface area contributed by atoms with E-state index in [-0.39, 0.29) is 0 Å². The van der Waals surface area contributed by atoms with Crippen LogP contribution in [-0.4, -0.2) is 5.91 Å². The molecular formula is C13H10Cl2N2O2. The first-order valence-corrected chi connectivity index (χ1v) is 6.05. The van der Waals surface area contributed by atoms with Gasteiger partial charge in [0.1, 0.15) is 5.75 Å².